The van der Waals surface area contributed by atoms with E-state index in [4.69, 9.17) is 0 Å². The van der Waals surface area contributed by atoms with Gasteiger partial charge in [-0.2, -0.15) is 0 Å². The first kappa shape index (κ1) is 15.7. The van der Waals surface area contributed by atoms with Gasteiger partial charge in [-0.3, -0.25) is 10.1 Å². The van der Waals surface area contributed by atoms with Crippen LogP contribution in [-0.4, -0.2) is 14.6 Å². The summed E-state index contributed by atoms with van der Waals surface area (Å²) in [5, 5.41) is 20.7. The summed E-state index contributed by atoms with van der Waals surface area (Å²) in [6.07, 6.45) is 3.32. The van der Waals surface area contributed by atoms with Crippen LogP contribution in [0.1, 0.15) is 31.1 Å². The van der Waals surface area contributed by atoms with E-state index in [2.05, 4.69) is 15.9 Å². The van der Waals surface area contributed by atoms with Crippen molar-refractivity contribution in [2.24, 2.45) is 5.92 Å². The van der Waals surface area contributed by atoms with Crippen molar-refractivity contribution in [2.45, 2.75) is 26.5 Å². The molecule has 2 rings (SSSR count). The zero-order valence-electron chi connectivity index (χ0n) is 11.9. The largest absolute Gasteiger partial charge is 0.388 e. The van der Waals surface area contributed by atoms with Gasteiger partial charge in [0.05, 0.1) is 11.0 Å². The number of nitro groups is 1. The molecule has 1 aromatic heterocycles. The standard InChI is InChI=1S/C15H17BrN2O3/c1-10(2)15(19)12-5-6-17(9-12)8-11-3-4-13(18(20)21)7-14(11)16/h3-7,9-10,15,19H,8H2,1-2H3. The van der Waals surface area contributed by atoms with Gasteiger partial charge in [-0.1, -0.05) is 29.8 Å². The number of halogens is 1. The van der Waals surface area contributed by atoms with E-state index < -0.39 is 11.0 Å². The monoisotopic (exact) mass is 352 g/mol. The number of benzene rings is 1. The summed E-state index contributed by atoms with van der Waals surface area (Å²) in [5.74, 6) is 0.159. The van der Waals surface area contributed by atoms with Crippen LogP contribution in [0.3, 0.4) is 0 Å². The van der Waals surface area contributed by atoms with Crippen LogP contribution in [0.2, 0.25) is 0 Å². The Kier molecular flexibility index (Phi) is 4.80. The van der Waals surface area contributed by atoms with Gasteiger partial charge in [0.1, 0.15) is 0 Å². The highest BCUT2D eigenvalue weighted by molar-refractivity contribution is 9.10. The number of non-ortho nitro benzene ring substituents is 1. The van der Waals surface area contributed by atoms with Gasteiger partial charge in [0.25, 0.3) is 5.69 Å². The van der Waals surface area contributed by atoms with Crippen LogP contribution in [0.25, 0.3) is 0 Å². The zero-order chi connectivity index (χ0) is 15.6. The second-order valence-corrected chi connectivity index (χ2v) is 6.19. The van der Waals surface area contributed by atoms with Crippen LogP contribution in [-0.2, 0) is 6.54 Å². The topological polar surface area (TPSA) is 68.3 Å². The molecule has 0 saturated heterocycles. The normalized spacial score (nSPS) is 12.6. The van der Waals surface area contributed by atoms with Crippen LogP contribution >= 0.6 is 15.9 Å². The Labute approximate surface area is 131 Å². The maximum atomic E-state index is 10.7. The number of rotatable bonds is 5. The van der Waals surface area contributed by atoms with E-state index >= 15 is 0 Å². The lowest BCUT2D eigenvalue weighted by molar-refractivity contribution is -0.384. The molecular weight excluding hydrogens is 336 g/mol. The Balaban J connectivity index is 2.17. The molecule has 0 aliphatic rings. The van der Waals surface area contributed by atoms with Gasteiger partial charge in [-0.15, -0.1) is 0 Å². The molecule has 2 aromatic rings. The Morgan fingerprint density at radius 1 is 1.38 bits per heavy atom. The predicted octanol–water partition coefficient (Wildman–Crippen LogP) is 3.90. The zero-order valence-corrected chi connectivity index (χ0v) is 13.4. The quantitative estimate of drug-likeness (QED) is 0.655. The fraction of sp³-hybridized carbons (Fsp3) is 0.333. The van der Waals surface area contributed by atoms with Crippen LogP contribution in [0, 0.1) is 16.0 Å². The van der Waals surface area contributed by atoms with Crippen molar-refractivity contribution in [3.63, 3.8) is 0 Å². The second-order valence-electron chi connectivity index (χ2n) is 5.34. The lowest BCUT2D eigenvalue weighted by Gasteiger charge is -2.12. The Morgan fingerprint density at radius 2 is 2.10 bits per heavy atom. The molecule has 5 nitrogen and oxygen atoms in total. The average Bonchev–Trinajstić information content (AvgIpc) is 2.88. The Hall–Kier alpha value is -1.66. The van der Waals surface area contributed by atoms with Crippen molar-refractivity contribution in [3.8, 4) is 0 Å². The molecule has 1 unspecified atom stereocenters. The van der Waals surface area contributed by atoms with Gasteiger partial charge in [-0.05, 0) is 29.2 Å². The van der Waals surface area contributed by atoms with Gasteiger partial charge in [-0.25, -0.2) is 0 Å². The van der Waals surface area contributed by atoms with Crippen molar-refractivity contribution in [1.29, 1.82) is 0 Å². The van der Waals surface area contributed by atoms with Crippen molar-refractivity contribution < 1.29 is 10.0 Å². The Morgan fingerprint density at radius 3 is 2.67 bits per heavy atom. The predicted molar refractivity (Wildman–Crippen MR) is 84.1 cm³/mol. The van der Waals surface area contributed by atoms with Crippen molar-refractivity contribution in [1.82, 2.24) is 4.57 Å². The molecule has 0 radical (unpaired) electrons. The number of nitro benzene ring substituents is 1. The number of aliphatic hydroxyl groups excluding tert-OH is 1. The second kappa shape index (κ2) is 6.41. The van der Waals surface area contributed by atoms with E-state index in [0.717, 1.165) is 11.1 Å². The lowest BCUT2D eigenvalue weighted by Crippen LogP contribution is -2.04. The molecule has 0 aliphatic heterocycles. The summed E-state index contributed by atoms with van der Waals surface area (Å²) in [7, 11) is 0. The van der Waals surface area contributed by atoms with Gasteiger partial charge in [0.15, 0.2) is 0 Å². The fourth-order valence-electron chi connectivity index (χ4n) is 2.09. The third-order valence-corrected chi connectivity index (χ3v) is 4.08. The number of aliphatic hydroxyl groups is 1. The summed E-state index contributed by atoms with van der Waals surface area (Å²) < 4.78 is 2.66. The number of hydrogen-bond acceptors (Lipinski definition) is 3. The van der Waals surface area contributed by atoms with Crippen LogP contribution in [0.15, 0.2) is 41.1 Å². The minimum absolute atomic E-state index is 0.0639. The maximum Gasteiger partial charge on any atom is 0.270 e. The van der Waals surface area contributed by atoms with E-state index in [1.807, 2.05) is 36.9 Å². The molecule has 1 atom stereocenters. The van der Waals surface area contributed by atoms with Crippen molar-refractivity contribution in [2.75, 3.05) is 0 Å². The fourth-order valence-corrected chi connectivity index (χ4v) is 2.58. The summed E-state index contributed by atoms with van der Waals surface area (Å²) in [4.78, 5) is 10.3. The molecule has 1 aromatic carbocycles. The molecule has 112 valence electrons. The molecule has 0 amide bonds. The molecule has 6 heteroatoms. The van der Waals surface area contributed by atoms with Gasteiger partial charge < -0.3 is 9.67 Å². The molecule has 0 spiro atoms. The minimum atomic E-state index is -0.480. The molecule has 0 aliphatic carbocycles. The molecule has 1 heterocycles. The molecule has 0 fully saturated rings. The first-order valence-corrected chi connectivity index (χ1v) is 7.44. The van der Waals surface area contributed by atoms with Gasteiger partial charge in [0.2, 0.25) is 0 Å². The minimum Gasteiger partial charge on any atom is -0.388 e. The van der Waals surface area contributed by atoms with Gasteiger partial charge in [0, 0.05) is 35.5 Å². The van der Waals surface area contributed by atoms with Crippen molar-refractivity contribution in [3.05, 3.63) is 62.4 Å². The highest BCUT2D eigenvalue weighted by atomic mass is 79.9. The average molecular weight is 353 g/mol. The summed E-state index contributed by atoms with van der Waals surface area (Å²) in [5.41, 5.74) is 1.89. The molecule has 0 bridgehead atoms. The molecule has 0 saturated carbocycles. The lowest BCUT2D eigenvalue weighted by atomic mass is 10.0. The van der Waals surface area contributed by atoms with Crippen LogP contribution in [0.5, 0.6) is 0 Å². The van der Waals surface area contributed by atoms with E-state index in [0.29, 0.717) is 11.0 Å². The first-order valence-electron chi connectivity index (χ1n) is 6.65. The number of nitrogens with zero attached hydrogens (tertiary/aromatic N) is 2. The number of aromatic nitrogens is 1. The third-order valence-electron chi connectivity index (χ3n) is 3.35. The first-order chi connectivity index (χ1) is 9.88. The smallest absolute Gasteiger partial charge is 0.270 e. The van der Waals surface area contributed by atoms with E-state index in [1.165, 1.54) is 12.1 Å². The van der Waals surface area contributed by atoms with Crippen LogP contribution < -0.4 is 0 Å². The molecular formula is C15H17BrN2O3. The van der Waals surface area contributed by atoms with Crippen molar-refractivity contribution >= 4 is 21.6 Å². The van der Waals surface area contributed by atoms with E-state index in [-0.39, 0.29) is 11.6 Å². The summed E-state index contributed by atoms with van der Waals surface area (Å²) >= 11 is 3.36. The summed E-state index contributed by atoms with van der Waals surface area (Å²) in [6.45, 7) is 4.52. The summed E-state index contributed by atoms with van der Waals surface area (Å²) in [6, 6.07) is 6.63. The Bertz CT molecular complexity index is 652. The number of hydrogen-bond donors (Lipinski definition) is 1. The highest BCUT2D eigenvalue weighted by Gasteiger charge is 2.14. The molecule has 1 N–H and O–H groups in total. The third kappa shape index (κ3) is 3.71. The molecule has 21 heavy (non-hydrogen) atoms. The SMILES string of the molecule is CC(C)C(O)c1ccn(Cc2ccc([N+](=O)[O-])cc2Br)c1. The highest BCUT2D eigenvalue weighted by Crippen LogP contribution is 2.25. The van der Waals surface area contributed by atoms with Crippen LogP contribution in [0.4, 0.5) is 5.69 Å². The maximum absolute atomic E-state index is 10.7. The van der Waals surface area contributed by atoms with E-state index in [1.54, 1.807) is 6.07 Å². The van der Waals surface area contributed by atoms with E-state index in [9.17, 15) is 15.2 Å². The van der Waals surface area contributed by atoms with Gasteiger partial charge >= 0.3 is 0 Å².